The number of para-hydroxylation sites is 3. The Morgan fingerprint density at radius 2 is 0.808 bits per heavy atom. The Balaban J connectivity index is 1.14. The van der Waals surface area contributed by atoms with Gasteiger partial charge >= 0.3 is 5.69 Å². The summed E-state index contributed by atoms with van der Waals surface area (Å²) in [5.74, 6) is 0. The summed E-state index contributed by atoms with van der Waals surface area (Å²) in [4.78, 5) is 14.1. The molecule has 0 aliphatic heterocycles. The van der Waals surface area contributed by atoms with Crippen LogP contribution in [0.1, 0.15) is 0 Å². The SMILES string of the molecule is O=c1n(-c2ccccc2)c2ccccc2n1-c1ccc(-c2c3ccccc3c(-c3ccc4ccc5cccc6ccc3c4c56)c3ccccc23)cc1. The highest BCUT2D eigenvalue weighted by Crippen LogP contribution is 2.47. The Morgan fingerprint density at radius 1 is 0.327 bits per heavy atom. The molecular weight excluding hydrogens is 633 g/mol. The fourth-order valence-electron chi connectivity index (χ4n) is 8.68. The van der Waals surface area contributed by atoms with E-state index >= 15 is 0 Å². The van der Waals surface area contributed by atoms with Crippen molar-refractivity contribution in [3.05, 3.63) is 192 Å². The molecule has 0 N–H and O–H groups in total. The standard InChI is InChI=1S/C49H30N2O/c52-49-50(35-13-2-1-3-14-35)43-19-8-9-20-44(43)51(49)36-27-23-33(24-28-36)46-37-15-4-6-17-39(37)48(40-18-7-5-16-38(40)46)42-30-26-34-22-21-31-11-10-12-32-25-29-41(42)47(34)45(31)32/h1-30H. The minimum atomic E-state index is -0.0892. The van der Waals surface area contributed by atoms with Gasteiger partial charge in [-0.05, 0) is 113 Å². The van der Waals surface area contributed by atoms with E-state index in [-0.39, 0.29) is 5.69 Å². The number of benzene rings is 10. The number of imidazole rings is 1. The van der Waals surface area contributed by atoms with Crippen molar-refractivity contribution in [1.82, 2.24) is 9.13 Å². The van der Waals surface area contributed by atoms with Crippen LogP contribution >= 0.6 is 0 Å². The van der Waals surface area contributed by atoms with Crippen LogP contribution in [0, 0.1) is 0 Å². The quantitative estimate of drug-likeness (QED) is 0.136. The predicted molar refractivity (Wildman–Crippen MR) is 218 cm³/mol. The highest BCUT2D eigenvalue weighted by Gasteiger charge is 2.20. The lowest BCUT2D eigenvalue weighted by Crippen LogP contribution is -2.22. The summed E-state index contributed by atoms with van der Waals surface area (Å²) in [6.45, 7) is 0. The second kappa shape index (κ2) is 11.0. The van der Waals surface area contributed by atoms with E-state index in [2.05, 4.69) is 127 Å². The summed E-state index contributed by atoms with van der Waals surface area (Å²) in [6, 6.07) is 64.2. The van der Waals surface area contributed by atoms with Gasteiger partial charge in [-0.1, -0.05) is 146 Å². The minimum Gasteiger partial charge on any atom is -0.260 e. The van der Waals surface area contributed by atoms with Gasteiger partial charge in [0.05, 0.1) is 22.4 Å². The van der Waals surface area contributed by atoms with Gasteiger partial charge in [-0.25, -0.2) is 4.79 Å². The van der Waals surface area contributed by atoms with Crippen molar-refractivity contribution in [1.29, 1.82) is 0 Å². The monoisotopic (exact) mass is 662 g/mol. The molecule has 1 aromatic heterocycles. The van der Waals surface area contributed by atoms with Crippen LogP contribution in [0.15, 0.2) is 187 Å². The molecule has 10 aromatic carbocycles. The van der Waals surface area contributed by atoms with Crippen LogP contribution in [0.3, 0.4) is 0 Å². The maximum Gasteiger partial charge on any atom is 0.338 e. The van der Waals surface area contributed by atoms with Gasteiger partial charge < -0.3 is 0 Å². The number of hydrogen-bond acceptors (Lipinski definition) is 1. The molecule has 0 saturated carbocycles. The summed E-state index contributed by atoms with van der Waals surface area (Å²) >= 11 is 0. The molecule has 0 saturated heterocycles. The van der Waals surface area contributed by atoms with E-state index in [0.717, 1.165) is 28.0 Å². The van der Waals surface area contributed by atoms with E-state index in [1.807, 2.05) is 59.2 Å². The third-order valence-corrected chi connectivity index (χ3v) is 10.9. The van der Waals surface area contributed by atoms with Gasteiger partial charge in [0.25, 0.3) is 0 Å². The smallest absolute Gasteiger partial charge is 0.260 e. The molecule has 11 rings (SSSR count). The van der Waals surface area contributed by atoms with Crippen LogP contribution in [0.4, 0.5) is 0 Å². The Morgan fingerprint density at radius 3 is 1.42 bits per heavy atom. The lowest BCUT2D eigenvalue weighted by atomic mass is 9.83. The normalized spacial score (nSPS) is 11.9. The second-order valence-electron chi connectivity index (χ2n) is 13.6. The molecule has 0 aliphatic carbocycles. The Hall–Kier alpha value is -6.97. The fourth-order valence-corrected chi connectivity index (χ4v) is 8.68. The summed E-state index contributed by atoms with van der Waals surface area (Å²) in [5, 5.41) is 12.6. The van der Waals surface area contributed by atoms with Gasteiger partial charge in [-0.2, -0.15) is 0 Å². The molecule has 242 valence electrons. The third-order valence-electron chi connectivity index (χ3n) is 10.9. The zero-order valence-corrected chi connectivity index (χ0v) is 28.1. The van der Waals surface area contributed by atoms with Crippen molar-refractivity contribution in [3.8, 4) is 33.6 Å². The maximum absolute atomic E-state index is 14.1. The van der Waals surface area contributed by atoms with E-state index in [9.17, 15) is 4.79 Å². The lowest BCUT2D eigenvalue weighted by Gasteiger charge is -2.20. The predicted octanol–water partition coefficient (Wildman–Crippen LogP) is 12.3. The van der Waals surface area contributed by atoms with E-state index in [1.165, 1.54) is 70.6 Å². The number of nitrogens with zero attached hydrogens (tertiary/aromatic N) is 2. The zero-order chi connectivity index (χ0) is 34.3. The first-order chi connectivity index (χ1) is 25.7. The van der Waals surface area contributed by atoms with Crippen molar-refractivity contribution < 1.29 is 0 Å². The summed E-state index contributed by atoms with van der Waals surface area (Å²) in [5.41, 5.74) is 8.14. The number of hydrogen-bond donors (Lipinski definition) is 0. The molecule has 0 amide bonds. The average Bonchev–Trinajstić information content (AvgIpc) is 3.51. The first-order valence-electron chi connectivity index (χ1n) is 17.7. The van der Waals surface area contributed by atoms with E-state index < -0.39 is 0 Å². The van der Waals surface area contributed by atoms with Crippen LogP contribution in [0.5, 0.6) is 0 Å². The van der Waals surface area contributed by atoms with E-state index in [1.54, 1.807) is 4.57 Å². The molecular formula is C49H30N2O. The Bertz CT molecular complexity index is 3170. The van der Waals surface area contributed by atoms with Crippen molar-refractivity contribution in [2.45, 2.75) is 0 Å². The zero-order valence-electron chi connectivity index (χ0n) is 28.1. The summed E-state index contributed by atoms with van der Waals surface area (Å²) in [6.07, 6.45) is 0. The topological polar surface area (TPSA) is 26.9 Å². The van der Waals surface area contributed by atoms with E-state index in [4.69, 9.17) is 0 Å². The summed E-state index contributed by atoms with van der Waals surface area (Å²) in [7, 11) is 0. The third kappa shape index (κ3) is 4.05. The van der Waals surface area contributed by atoms with Gasteiger partial charge in [-0.3, -0.25) is 9.13 Å². The molecule has 3 nitrogen and oxygen atoms in total. The fraction of sp³-hybridized carbons (Fsp3) is 0. The van der Waals surface area contributed by atoms with Crippen molar-refractivity contribution in [3.63, 3.8) is 0 Å². The summed E-state index contributed by atoms with van der Waals surface area (Å²) < 4.78 is 3.61. The molecule has 0 radical (unpaired) electrons. The van der Waals surface area contributed by atoms with Gasteiger partial charge in [0.15, 0.2) is 0 Å². The van der Waals surface area contributed by atoms with Gasteiger partial charge in [-0.15, -0.1) is 0 Å². The van der Waals surface area contributed by atoms with Gasteiger partial charge in [0.2, 0.25) is 0 Å². The highest BCUT2D eigenvalue weighted by atomic mass is 16.1. The molecule has 52 heavy (non-hydrogen) atoms. The Labute approximate surface area is 299 Å². The average molecular weight is 663 g/mol. The van der Waals surface area contributed by atoms with Crippen LogP contribution in [-0.2, 0) is 0 Å². The lowest BCUT2D eigenvalue weighted by molar-refractivity contribution is 0.931. The molecule has 0 unspecified atom stereocenters. The van der Waals surface area contributed by atoms with Crippen LogP contribution < -0.4 is 5.69 Å². The first kappa shape index (κ1) is 28.8. The molecule has 3 heteroatoms. The van der Waals surface area contributed by atoms with Crippen LogP contribution in [0.2, 0.25) is 0 Å². The minimum absolute atomic E-state index is 0.0892. The van der Waals surface area contributed by atoms with Crippen molar-refractivity contribution in [2.75, 3.05) is 0 Å². The second-order valence-corrected chi connectivity index (χ2v) is 13.6. The first-order valence-corrected chi connectivity index (χ1v) is 17.7. The maximum atomic E-state index is 14.1. The molecule has 0 atom stereocenters. The molecule has 0 bridgehead atoms. The van der Waals surface area contributed by atoms with Gasteiger partial charge in [0, 0.05) is 0 Å². The molecule has 0 spiro atoms. The molecule has 0 fully saturated rings. The van der Waals surface area contributed by atoms with Gasteiger partial charge in [0.1, 0.15) is 0 Å². The van der Waals surface area contributed by atoms with Crippen molar-refractivity contribution >= 4 is 64.9 Å². The molecule has 1 heterocycles. The van der Waals surface area contributed by atoms with Crippen molar-refractivity contribution in [2.24, 2.45) is 0 Å². The van der Waals surface area contributed by atoms with Crippen LogP contribution in [-0.4, -0.2) is 9.13 Å². The largest absolute Gasteiger partial charge is 0.338 e. The molecule has 11 aromatic rings. The van der Waals surface area contributed by atoms with Crippen LogP contribution in [0.25, 0.3) is 98.5 Å². The Kier molecular flexibility index (Phi) is 6.11. The highest BCUT2D eigenvalue weighted by molar-refractivity contribution is 6.29. The van der Waals surface area contributed by atoms with E-state index in [0.29, 0.717) is 0 Å². The number of fused-ring (bicyclic) bond motifs is 3. The number of rotatable bonds is 4. The number of aromatic nitrogens is 2. The molecule has 0 aliphatic rings.